The Morgan fingerprint density at radius 2 is 1.95 bits per heavy atom. The van der Waals surface area contributed by atoms with Crippen molar-refractivity contribution < 1.29 is 4.79 Å². The molecule has 0 bridgehead atoms. The number of nitrogens with zero attached hydrogens (tertiary/aromatic N) is 1. The maximum atomic E-state index is 12.7. The van der Waals surface area contributed by atoms with Crippen molar-refractivity contribution in [1.82, 2.24) is 10.2 Å². The molecule has 3 rings (SSSR count). The molecular weight excluding hydrogens is 336 g/mol. The number of carbonyl (C=O) groups is 1. The summed E-state index contributed by atoms with van der Waals surface area (Å²) in [7, 11) is 0. The fraction of sp³-hybridized carbons (Fsp3) is 0.562. The van der Waals surface area contributed by atoms with Gasteiger partial charge in [0, 0.05) is 48.6 Å². The summed E-state index contributed by atoms with van der Waals surface area (Å²) < 4.78 is 0. The van der Waals surface area contributed by atoms with Crippen molar-refractivity contribution in [2.45, 2.75) is 18.5 Å². The van der Waals surface area contributed by atoms with E-state index in [9.17, 15) is 4.79 Å². The normalized spacial score (nSPS) is 25.4. The van der Waals surface area contributed by atoms with Crippen LogP contribution < -0.4 is 5.32 Å². The van der Waals surface area contributed by atoms with Crippen LogP contribution in [0.5, 0.6) is 0 Å². The molecule has 0 saturated carbocycles. The van der Waals surface area contributed by atoms with Crippen LogP contribution in [0.4, 0.5) is 0 Å². The SMILES string of the molecule is Cl.O=C(CC1CSCCN1)N1CCSCC1c1ccccc1. The van der Waals surface area contributed by atoms with E-state index in [0.29, 0.717) is 18.4 Å². The second kappa shape index (κ2) is 9.06. The third kappa shape index (κ3) is 4.57. The van der Waals surface area contributed by atoms with Gasteiger partial charge in [0.25, 0.3) is 0 Å². The summed E-state index contributed by atoms with van der Waals surface area (Å²) in [6.45, 7) is 1.91. The van der Waals surface area contributed by atoms with Crippen LogP contribution in [0, 0.1) is 0 Å². The molecule has 2 heterocycles. The van der Waals surface area contributed by atoms with Crippen LogP contribution in [0.25, 0.3) is 0 Å². The number of halogens is 1. The molecule has 122 valence electrons. The third-order valence-corrected chi connectivity index (χ3v) is 6.21. The second-order valence-corrected chi connectivity index (χ2v) is 7.82. The van der Waals surface area contributed by atoms with Crippen molar-refractivity contribution in [3.8, 4) is 0 Å². The molecule has 0 aromatic heterocycles. The van der Waals surface area contributed by atoms with Crippen LogP contribution in [-0.4, -0.2) is 52.9 Å². The van der Waals surface area contributed by atoms with Crippen molar-refractivity contribution in [3.63, 3.8) is 0 Å². The van der Waals surface area contributed by atoms with E-state index in [0.717, 1.165) is 36.1 Å². The Labute approximate surface area is 147 Å². The Morgan fingerprint density at radius 1 is 1.18 bits per heavy atom. The van der Waals surface area contributed by atoms with E-state index < -0.39 is 0 Å². The number of hydrogen-bond acceptors (Lipinski definition) is 4. The molecule has 0 aliphatic carbocycles. The molecule has 2 aliphatic rings. The lowest BCUT2D eigenvalue weighted by Gasteiger charge is -2.37. The van der Waals surface area contributed by atoms with Crippen molar-refractivity contribution >= 4 is 41.8 Å². The first-order valence-electron chi connectivity index (χ1n) is 7.58. The summed E-state index contributed by atoms with van der Waals surface area (Å²) in [5, 5.41) is 3.47. The zero-order chi connectivity index (χ0) is 14.5. The number of carbonyl (C=O) groups excluding carboxylic acids is 1. The third-order valence-electron chi connectivity index (χ3n) is 4.05. The topological polar surface area (TPSA) is 32.3 Å². The Kier molecular flexibility index (Phi) is 7.41. The molecule has 1 aromatic carbocycles. The lowest BCUT2D eigenvalue weighted by Crippen LogP contribution is -2.46. The van der Waals surface area contributed by atoms with E-state index in [1.807, 2.05) is 29.6 Å². The Hall–Kier alpha value is -0.360. The molecule has 2 aliphatic heterocycles. The monoisotopic (exact) mass is 358 g/mol. The van der Waals surface area contributed by atoms with Crippen LogP contribution in [0.15, 0.2) is 30.3 Å². The van der Waals surface area contributed by atoms with E-state index in [4.69, 9.17) is 0 Å². The summed E-state index contributed by atoms with van der Waals surface area (Å²) in [6, 6.07) is 11.1. The highest BCUT2D eigenvalue weighted by Gasteiger charge is 2.29. The largest absolute Gasteiger partial charge is 0.334 e. The van der Waals surface area contributed by atoms with Gasteiger partial charge < -0.3 is 10.2 Å². The van der Waals surface area contributed by atoms with E-state index >= 15 is 0 Å². The Morgan fingerprint density at radius 3 is 2.68 bits per heavy atom. The first-order valence-corrected chi connectivity index (χ1v) is 9.89. The van der Waals surface area contributed by atoms with Gasteiger partial charge in [0.05, 0.1) is 6.04 Å². The lowest BCUT2D eigenvalue weighted by molar-refractivity contribution is -0.133. The van der Waals surface area contributed by atoms with Crippen LogP contribution >= 0.6 is 35.9 Å². The Bertz CT molecular complexity index is 468. The van der Waals surface area contributed by atoms with Crippen LogP contribution in [0.2, 0.25) is 0 Å². The van der Waals surface area contributed by atoms with Gasteiger partial charge in [-0.05, 0) is 5.56 Å². The van der Waals surface area contributed by atoms with Crippen molar-refractivity contribution in [1.29, 1.82) is 0 Å². The minimum absolute atomic E-state index is 0. The molecule has 0 spiro atoms. The van der Waals surface area contributed by atoms with E-state index in [1.54, 1.807) is 0 Å². The first kappa shape index (κ1) is 18.0. The second-order valence-electron chi connectivity index (χ2n) is 5.52. The number of thioether (sulfide) groups is 2. The highest BCUT2D eigenvalue weighted by Crippen LogP contribution is 2.30. The minimum atomic E-state index is 0. The predicted molar refractivity (Wildman–Crippen MR) is 99.2 cm³/mol. The molecule has 2 saturated heterocycles. The van der Waals surface area contributed by atoms with Gasteiger partial charge in [0.1, 0.15) is 0 Å². The zero-order valence-corrected chi connectivity index (χ0v) is 15.0. The van der Waals surface area contributed by atoms with Crippen molar-refractivity contribution in [2.24, 2.45) is 0 Å². The summed E-state index contributed by atoms with van der Waals surface area (Å²) in [4.78, 5) is 14.8. The number of amides is 1. The standard InChI is InChI=1S/C16H22N2OS2.ClH/c19-16(10-14-11-20-8-6-17-14)18-7-9-21-12-15(18)13-4-2-1-3-5-13;/h1-5,14-15,17H,6-12H2;1H. The van der Waals surface area contributed by atoms with Gasteiger partial charge in [-0.15, -0.1) is 12.4 Å². The smallest absolute Gasteiger partial charge is 0.224 e. The highest BCUT2D eigenvalue weighted by molar-refractivity contribution is 7.99. The van der Waals surface area contributed by atoms with Gasteiger partial charge >= 0.3 is 0 Å². The molecule has 2 atom stereocenters. The quantitative estimate of drug-likeness (QED) is 0.900. The molecule has 1 amide bonds. The van der Waals surface area contributed by atoms with E-state index in [1.165, 1.54) is 5.56 Å². The molecule has 1 aromatic rings. The maximum absolute atomic E-state index is 12.7. The molecule has 0 radical (unpaired) electrons. The van der Waals surface area contributed by atoms with Crippen LogP contribution in [-0.2, 0) is 4.79 Å². The average molecular weight is 359 g/mol. The van der Waals surface area contributed by atoms with Gasteiger partial charge in [0.2, 0.25) is 5.91 Å². The van der Waals surface area contributed by atoms with Gasteiger partial charge in [-0.3, -0.25) is 4.79 Å². The summed E-state index contributed by atoms with van der Waals surface area (Å²) in [5.41, 5.74) is 1.27. The maximum Gasteiger partial charge on any atom is 0.224 e. The lowest BCUT2D eigenvalue weighted by atomic mass is 10.1. The fourth-order valence-electron chi connectivity index (χ4n) is 2.93. The molecule has 22 heavy (non-hydrogen) atoms. The molecule has 6 heteroatoms. The predicted octanol–water partition coefficient (Wildman–Crippen LogP) is 2.82. The van der Waals surface area contributed by atoms with E-state index in [2.05, 4.69) is 34.5 Å². The molecule has 2 fully saturated rings. The van der Waals surface area contributed by atoms with Crippen LogP contribution in [0.1, 0.15) is 18.0 Å². The number of hydrogen-bond donors (Lipinski definition) is 1. The summed E-state index contributed by atoms with van der Waals surface area (Å²) in [6.07, 6.45) is 0.640. The van der Waals surface area contributed by atoms with Gasteiger partial charge in [0.15, 0.2) is 0 Å². The van der Waals surface area contributed by atoms with Gasteiger partial charge in [-0.1, -0.05) is 30.3 Å². The van der Waals surface area contributed by atoms with Gasteiger partial charge in [-0.2, -0.15) is 23.5 Å². The first-order chi connectivity index (χ1) is 10.3. The van der Waals surface area contributed by atoms with Crippen molar-refractivity contribution in [3.05, 3.63) is 35.9 Å². The Balaban J connectivity index is 0.00000176. The zero-order valence-electron chi connectivity index (χ0n) is 12.6. The summed E-state index contributed by atoms with van der Waals surface area (Å²) >= 11 is 3.90. The number of rotatable bonds is 3. The molecule has 1 N–H and O–H groups in total. The fourth-order valence-corrected chi connectivity index (χ4v) is 4.97. The minimum Gasteiger partial charge on any atom is -0.334 e. The molecule has 3 nitrogen and oxygen atoms in total. The highest BCUT2D eigenvalue weighted by atomic mass is 35.5. The molecule has 2 unspecified atom stereocenters. The van der Waals surface area contributed by atoms with Crippen molar-refractivity contribution in [2.75, 3.05) is 36.1 Å². The van der Waals surface area contributed by atoms with E-state index in [-0.39, 0.29) is 18.4 Å². The van der Waals surface area contributed by atoms with Gasteiger partial charge in [-0.25, -0.2) is 0 Å². The summed E-state index contributed by atoms with van der Waals surface area (Å²) in [5.74, 6) is 4.61. The number of benzene rings is 1. The number of nitrogens with one attached hydrogen (secondary N) is 1. The van der Waals surface area contributed by atoms with Crippen LogP contribution in [0.3, 0.4) is 0 Å². The average Bonchev–Trinajstić information content (AvgIpc) is 2.56. The molecular formula is C16H23ClN2OS2.